The van der Waals surface area contributed by atoms with Crippen LogP contribution in [-0.2, 0) is 0 Å². The van der Waals surface area contributed by atoms with Gasteiger partial charge >= 0.3 is 0 Å². The third kappa shape index (κ3) is 4.50. The van der Waals surface area contributed by atoms with Gasteiger partial charge in [-0.15, -0.1) is 24.8 Å². The predicted molar refractivity (Wildman–Crippen MR) is 106 cm³/mol. The molecule has 25 heavy (non-hydrogen) atoms. The largest absolute Gasteiger partial charge is 0.495 e. The van der Waals surface area contributed by atoms with Crippen molar-refractivity contribution in [1.82, 2.24) is 4.90 Å². The van der Waals surface area contributed by atoms with Crippen molar-refractivity contribution in [2.75, 3.05) is 43.9 Å². The lowest BCUT2D eigenvalue weighted by molar-refractivity contribution is 0.0748. The molecule has 2 N–H and O–H groups in total. The van der Waals surface area contributed by atoms with Crippen molar-refractivity contribution in [3.05, 3.63) is 54.1 Å². The second kappa shape index (κ2) is 9.39. The number of nitrogens with zero attached hydrogens (tertiary/aromatic N) is 2. The van der Waals surface area contributed by atoms with Crippen LogP contribution in [0.3, 0.4) is 0 Å². The topological polar surface area (TPSA) is 58.8 Å². The number of anilines is 2. The lowest BCUT2D eigenvalue weighted by Gasteiger charge is -2.36. The molecule has 0 spiro atoms. The quantitative estimate of drug-likeness (QED) is 0.827. The molecule has 0 unspecified atom stereocenters. The van der Waals surface area contributed by atoms with Crippen molar-refractivity contribution in [3.63, 3.8) is 0 Å². The van der Waals surface area contributed by atoms with Gasteiger partial charge in [-0.05, 0) is 24.3 Å². The van der Waals surface area contributed by atoms with Gasteiger partial charge < -0.3 is 20.3 Å². The lowest BCUT2D eigenvalue weighted by atomic mass is 10.1. The number of nitrogen functional groups attached to an aromatic ring is 1. The van der Waals surface area contributed by atoms with Gasteiger partial charge in [0.05, 0.1) is 18.4 Å². The van der Waals surface area contributed by atoms with E-state index in [1.165, 1.54) is 0 Å². The summed E-state index contributed by atoms with van der Waals surface area (Å²) in [5, 5.41) is 0. The maximum atomic E-state index is 12.6. The molecule has 2 aromatic carbocycles. The van der Waals surface area contributed by atoms with Gasteiger partial charge in [-0.3, -0.25) is 4.79 Å². The maximum absolute atomic E-state index is 12.6. The van der Waals surface area contributed by atoms with Gasteiger partial charge in [0.1, 0.15) is 5.75 Å². The molecule has 5 nitrogen and oxygen atoms in total. The SMILES string of the molecule is COc1ccccc1N1CCN(C(=O)c2ccccc2N)CC1.Cl.Cl. The molecule has 0 bridgehead atoms. The highest BCUT2D eigenvalue weighted by Gasteiger charge is 2.24. The number of nitrogens with two attached hydrogens (primary N) is 1. The maximum Gasteiger partial charge on any atom is 0.256 e. The second-order valence-corrected chi connectivity index (χ2v) is 5.54. The van der Waals surface area contributed by atoms with Gasteiger partial charge in [0, 0.05) is 31.9 Å². The highest BCUT2D eigenvalue weighted by molar-refractivity contribution is 5.99. The number of carbonyl (C=O) groups is 1. The zero-order valence-electron chi connectivity index (χ0n) is 14.1. The van der Waals surface area contributed by atoms with E-state index in [9.17, 15) is 4.79 Å². The van der Waals surface area contributed by atoms with Crippen LogP contribution in [0.4, 0.5) is 11.4 Å². The van der Waals surface area contributed by atoms with E-state index in [0.717, 1.165) is 24.5 Å². The molecule has 2 aromatic rings. The molecular formula is C18H23Cl2N3O2. The summed E-state index contributed by atoms with van der Waals surface area (Å²) in [6.45, 7) is 2.90. The number of rotatable bonds is 3. The molecule has 3 rings (SSSR count). The van der Waals surface area contributed by atoms with Gasteiger partial charge in [0.25, 0.3) is 5.91 Å². The van der Waals surface area contributed by atoms with Crippen LogP contribution in [0.1, 0.15) is 10.4 Å². The molecule has 1 aliphatic rings. The Morgan fingerprint density at radius 1 is 0.960 bits per heavy atom. The van der Waals surface area contributed by atoms with Crippen LogP contribution < -0.4 is 15.4 Å². The van der Waals surface area contributed by atoms with Crippen molar-refractivity contribution in [3.8, 4) is 5.75 Å². The first-order chi connectivity index (χ1) is 11.2. The summed E-state index contributed by atoms with van der Waals surface area (Å²) in [5.41, 5.74) is 8.09. The van der Waals surface area contributed by atoms with Crippen molar-refractivity contribution < 1.29 is 9.53 Å². The molecule has 0 saturated carbocycles. The smallest absolute Gasteiger partial charge is 0.256 e. The van der Waals surface area contributed by atoms with Crippen molar-refractivity contribution in [2.24, 2.45) is 0 Å². The van der Waals surface area contributed by atoms with E-state index >= 15 is 0 Å². The fraction of sp³-hybridized carbons (Fsp3) is 0.278. The third-order valence-electron chi connectivity index (χ3n) is 4.18. The molecule has 1 fully saturated rings. The fourth-order valence-electron chi connectivity index (χ4n) is 2.90. The zero-order valence-corrected chi connectivity index (χ0v) is 15.7. The van der Waals surface area contributed by atoms with Crippen LogP contribution in [-0.4, -0.2) is 44.1 Å². The summed E-state index contributed by atoms with van der Waals surface area (Å²) in [6.07, 6.45) is 0. The highest BCUT2D eigenvalue weighted by atomic mass is 35.5. The van der Waals surface area contributed by atoms with Crippen LogP contribution in [0.5, 0.6) is 5.75 Å². The average Bonchev–Trinajstić information content (AvgIpc) is 2.61. The zero-order chi connectivity index (χ0) is 16.2. The number of para-hydroxylation sites is 3. The summed E-state index contributed by atoms with van der Waals surface area (Å²) < 4.78 is 5.42. The molecule has 1 amide bonds. The summed E-state index contributed by atoms with van der Waals surface area (Å²) in [6, 6.07) is 15.2. The Balaban J connectivity index is 0.00000156. The molecule has 0 aliphatic carbocycles. The van der Waals surface area contributed by atoms with Crippen molar-refractivity contribution in [1.29, 1.82) is 0 Å². The minimum atomic E-state index is 0. The molecule has 1 heterocycles. The van der Waals surface area contributed by atoms with Crippen LogP contribution in [0.25, 0.3) is 0 Å². The average molecular weight is 384 g/mol. The summed E-state index contributed by atoms with van der Waals surface area (Å²) in [4.78, 5) is 16.7. The first-order valence-corrected chi connectivity index (χ1v) is 7.72. The number of halogens is 2. The first-order valence-electron chi connectivity index (χ1n) is 7.72. The Hall–Kier alpha value is -2.11. The fourth-order valence-corrected chi connectivity index (χ4v) is 2.90. The number of hydrogen-bond donors (Lipinski definition) is 1. The predicted octanol–water partition coefficient (Wildman–Crippen LogP) is 3.08. The van der Waals surface area contributed by atoms with Gasteiger partial charge in [-0.25, -0.2) is 0 Å². The molecule has 1 aliphatic heterocycles. The van der Waals surface area contributed by atoms with Gasteiger partial charge in [0.2, 0.25) is 0 Å². The number of carbonyl (C=O) groups excluding carboxylic acids is 1. The van der Waals surface area contributed by atoms with E-state index in [4.69, 9.17) is 10.5 Å². The van der Waals surface area contributed by atoms with Crippen molar-refractivity contribution >= 4 is 42.1 Å². The molecule has 0 aromatic heterocycles. The van der Waals surface area contributed by atoms with E-state index < -0.39 is 0 Å². The standard InChI is InChI=1S/C18H21N3O2.2ClH/c1-23-17-9-5-4-8-16(17)20-10-12-21(13-11-20)18(22)14-6-2-3-7-15(14)19;;/h2-9H,10-13,19H2,1H3;2*1H. The van der Waals surface area contributed by atoms with Gasteiger partial charge in [-0.1, -0.05) is 24.3 Å². The second-order valence-electron chi connectivity index (χ2n) is 5.54. The highest BCUT2D eigenvalue weighted by Crippen LogP contribution is 2.28. The van der Waals surface area contributed by atoms with E-state index in [1.54, 1.807) is 19.2 Å². The summed E-state index contributed by atoms with van der Waals surface area (Å²) >= 11 is 0. The van der Waals surface area contributed by atoms with Crippen LogP contribution in [0.2, 0.25) is 0 Å². The summed E-state index contributed by atoms with van der Waals surface area (Å²) in [5.74, 6) is 0.863. The monoisotopic (exact) mass is 383 g/mol. The molecular weight excluding hydrogens is 361 g/mol. The number of benzene rings is 2. The Morgan fingerprint density at radius 3 is 2.20 bits per heavy atom. The lowest BCUT2D eigenvalue weighted by Crippen LogP contribution is -2.49. The normalized spacial score (nSPS) is 13.5. The summed E-state index contributed by atoms with van der Waals surface area (Å²) in [7, 11) is 1.68. The number of amides is 1. The Labute approximate surface area is 160 Å². The molecule has 7 heteroatoms. The van der Waals surface area contributed by atoms with E-state index in [-0.39, 0.29) is 30.7 Å². The van der Waals surface area contributed by atoms with Crippen LogP contribution in [0, 0.1) is 0 Å². The van der Waals surface area contributed by atoms with Crippen LogP contribution in [0.15, 0.2) is 48.5 Å². The first kappa shape index (κ1) is 20.9. The Kier molecular flexibility index (Phi) is 7.87. The van der Waals surface area contributed by atoms with Crippen molar-refractivity contribution in [2.45, 2.75) is 0 Å². The third-order valence-corrected chi connectivity index (χ3v) is 4.18. The molecule has 136 valence electrons. The van der Waals surface area contributed by atoms with Gasteiger partial charge in [-0.2, -0.15) is 0 Å². The number of piperazine rings is 1. The Morgan fingerprint density at radius 2 is 1.56 bits per heavy atom. The van der Waals surface area contributed by atoms with E-state index in [1.807, 2.05) is 41.3 Å². The van der Waals surface area contributed by atoms with Crippen LogP contribution >= 0.6 is 24.8 Å². The molecule has 0 radical (unpaired) electrons. The molecule has 1 saturated heterocycles. The minimum absolute atomic E-state index is 0. The molecule has 0 atom stereocenters. The van der Waals surface area contributed by atoms with E-state index in [0.29, 0.717) is 24.3 Å². The minimum Gasteiger partial charge on any atom is -0.495 e. The number of ether oxygens (including phenoxy) is 1. The Bertz CT molecular complexity index is 704. The number of hydrogen-bond acceptors (Lipinski definition) is 4. The number of methoxy groups -OCH3 is 1. The van der Waals surface area contributed by atoms with E-state index in [2.05, 4.69) is 4.90 Å². The van der Waals surface area contributed by atoms with Gasteiger partial charge in [0.15, 0.2) is 0 Å².